The van der Waals surface area contributed by atoms with Gasteiger partial charge in [0.15, 0.2) is 0 Å². The van der Waals surface area contributed by atoms with Crippen LogP contribution in [-0.4, -0.2) is 5.11 Å². The number of benzene rings is 2. The summed E-state index contributed by atoms with van der Waals surface area (Å²) in [6.07, 6.45) is 0.649. The molecule has 0 amide bonds. The van der Waals surface area contributed by atoms with Gasteiger partial charge in [0.25, 0.3) is 0 Å². The molecule has 2 aromatic carbocycles. The minimum absolute atomic E-state index is 0.649. The van der Waals surface area contributed by atoms with Crippen LogP contribution in [0.1, 0.15) is 40.3 Å². The summed E-state index contributed by atoms with van der Waals surface area (Å²) in [7, 11) is 0. The van der Waals surface area contributed by atoms with Gasteiger partial charge in [-0.25, -0.2) is 0 Å². The summed E-state index contributed by atoms with van der Waals surface area (Å²) in [5, 5.41) is 10.9. The highest BCUT2D eigenvalue weighted by molar-refractivity contribution is 5.40. The molecule has 0 fully saturated rings. The van der Waals surface area contributed by atoms with Crippen LogP contribution in [0.5, 0.6) is 0 Å². The van der Waals surface area contributed by atoms with Crippen molar-refractivity contribution in [3.8, 4) is 0 Å². The number of aryl methyl sites for hydroxylation is 4. The highest BCUT2D eigenvalue weighted by Gasteiger charge is 2.26. The fourth-order valence-corrected chi connectivity index (χ4v) is 3.11. The SMILES string of the molecule is Cc1cc(C)c(CC(C)(O)c2ccccc2C)c(C)c1. The third-order valence-electron chi connectivity index (χ3n) is 4.09. The third kappa shape index (κ3) is 2.94. The van der Waals surface area contributed by atoms with Crippen LogP contribution in [-0.2, 0) is 12.0 Å². The van der Waals surface area contributed by atoms with E-state index in [1.54, 1.807) is 0 Å². The highest BCUT2D eigenvalue weighted by atomic mass is 16.3. The van der Waals surface area contributed by atoms with Gasteiger partial charge in [-0.15, -0.1) is 0 Å². The molecule has 106 valence electrons. The van der Waals surface area contributed by atoms with E-state index in [4.69, 9.17) is 0 Å². The Hall–Kier alpha value is -1.60. The van der Waals surface area contributed by atoms with Gasteiger partial charge in [-0.05, 0) is 62.4 Å². The van der Waals surface area contributed by atoms with E-state index < -0.39 is 5.60 Å². The van der Waals surface area contributed by atoms with Crippen molar-refractivity contribution >= 4 is 0 Å². The Balaban J connectivity index is 2.41. The Morgan fingerprint density at radius 2 is 1.45 bits per heavy atom. The summed E-state index contributed by atoms with van der Waals surface area (Å²) in [5.41, 5.74) is 6.37. The summed E-state index contributed by atoms with van der Waals surface area (Å²) in [6.45, 7) is 10.3. The number of hydrogen-bond acceptors (Lipinski definition) is 1. The minimum atomic E-state index is -0.837. The van der Waals surface area contributed by atoms with Crippen molar-refractivity contribution in [2.24, 2.45) is 0 Å². The van der Waals surface area contributed by atoms with Gasteiger partial charge in [0.1, 0.15) is 0 Å². The second-order valence-corrected chi connectivity index (χ2v) is 6.14. The molecule has 2 rings (SSSR count). The molecule has 1 atom stereocenters. The lowest BCUT2D eigenvalue weighted by Gasteiger charge is -2.27. The molecule has 0 aliphatic rings. The first-order valence-electron chi connectivity index (χ1n) is 7.16. The highest BCUT2D eigenvalue weighted by Crippen LogP contribution is 2.30. The molecule has 1 nitrogen and oxygen atoms in total. The summed E-state index contributed by atoms with van der Waals surface area (Å²) in [6, 6.07) is 12.5. The molecule has 0 aromatic heterocycles. The first kappa shape index (κ1) is 14.8. The molecular weight excluding hydrogens is 244 g/mol. The van der Waals surface area contributed by atoms with Gasteiger partial charge >= 0.3 is 0 Å². The predicted molar refractivity (Wildman–Crippen MR) is 85.1 cm³/mol. The number of aliphatic hydroxyl groups is 1. The van der Waals surface area contributed by atoms with Gasteiger partial charge in [-0.3, -0.25) is 0 Å². The summed E-state index contributed by atoms with van der Waals surface area (Å²) in [4.78, 5) is 0. The van der Waals surface area contributed by atoms with Crippen LogP contribution >= 0.6 is 0 Å². The van der Waals surface area contributed by atoms with Gasteiger partial charge in [0, 0.05) is 6.42 Å². The van der Waals surface area contributed by atoms with E-state index >= 15 is 0 Å². The third-order valence-corrected chi connectivity index (χ3v) is 4.09. The monoisotopic (exact) mass is 268 g/mol. The topological polar surface area (TPSA) is 20.2 Å². The van der Waals surface area contributed by atoms with E-state index in [9.17, 15) is 5.11 Å². The smallest absolute Gasteiger partial charge is 0.0911 e. The van der Waals surface area contributed by atoms with Crippen LogP contribution in [0.15, 0.2) is 36.4 Å². The molecule has 20 heavy (non-hydrogen) atoms. The fourth-order valence-electron chi connectivity index (χ4n) is 3.11. The second-order valence-electron chi connectivity index (χ2n) is 6.14. The molecule has 0 aliphatic carbocycles. The van der Waals surface area contributed by atoms with Crippen LogP contribution in [0, 0.1) is 27.7 Å². The maximum atomic E-state index is 10.9. The van der Waals surface area contributed by atoms with Crippen molar-refractivity contribution in [3.63, 3.8) is 0 Å². The van der Waals surface area contributed by atoms with Crippen molar-refractivity contribution < 1.29 is 5.11 Å². The molecule has 1 N–H and O–H groups in total. The van der Waals surface area contributed by atoms with E-state index in [-0.39, 0.29) is 0 Å². The number of rotatable bonds is 3. The quantitative estimate of drug-likeness (QED) is 0.876. The Labute approximate surface area is 122 Å². The van der Waals surface area contributed by atoms with Gasteiger partial charge in [0.05, 0.1) is 5.60 Å². The summed E-state index contributed by atoms with van der Waals surface area (Å²) in [5.74, 6) is 0. The van der Waals surface area contributed by atoms with Crippen LogP contribution in [0.2, 0.25) is 0 Å². The molecule has 0 heterocycles. The van der Waals surface area contributed by atoms with E-state index in [0.29, 0.717) is 6.42 Å². The first-order chi connectivity index (χ1) is 9.31. The zero-order valence-corrected chi connectivity index (χ0v) is 13.1. The van der Waals surface area contributed by atoms with Crippen molar-refractivity contribution in [1.29, 1.82) is 0 Å². The average Bonchev–Trinajstić information content (AvgIpc) is 2.34. The Kier molecular flexibility index (Phi) is 4.01. The molecule has 0 radical (unpaired) electrons. The summed E-state index contributed by atoms with van der Waals surface area (Å²) >= 11 is 0. The standard InChI is InChI=1S/C19H24O/c1-13-10-15(3)17(16(4)11-13)12-19(5,20)18-9-7-6-8-14(18)2/h6-11,20H,12H2,1-5H3. The lowest BCUT2D eigenvalue weighted by atomic mass is 9.83. The van der Waals surface area contributed by atoms with Gasteiger partial charge in [-0.2, -0.15) is 0 Å². The van der Waals surface area contributed by atoms with Gasteiger partial charge < -0.3 is 5.11 Å². The second kappa shape index (κ2) is 5.41. The van der Waals surface area contributed by atoms with Crippen LogP contribution in [0.3, 0.4) is 0 Å². The van der Waals surface area contributed by atoms with E-state index in [2.05, 4.69) is 45.9 Å². The lowest BCUT2D eigenvalue weighted by molar-refractivity contribution is 0.0566. The van der Waals surface area contributed by atoms with Crippen molar-refractivity contribution in [2.45, 2.75) is 46.6 Å². The van der Waals surface area contributed by atoms with Crippen molar-refractivity contribution in [2.75, 3.05) is 0 Å². The van der Waals surface area contributed by atoms with Crippen LogP contribution in [0.4, 0.5) is 0 Å². The molecule has 0 spiro atoms. The molecule has 0 aliphatic heterocycles. The number of hydrogen-bond donors (Lipinski definition) is 1. The Bertz CT molecular complexity index is 600. The maximum absolute atomic E-state index is 10.9. The predicted octanol–water partition coefficient (Wildman–Crippen LogP) is 4.37. The van der Waals surface area contributed by atoms with E-state index in [1.165, 1.54) is 22.3 Å². The molecule has 2 aromatic rings. The first-order valence-corrected chi connectivity index (χ1v) is 7.16. The normalized spacial score (nSPS) is 14.1. The molecule has 1 heteroatoms. The molecule has 0 saturated carbocycles. The maximum Gasteiger partial charge on any atom is 0.0911 e. The van der Waals surface area contributed by atoms with E-state index in [1.807, 2.05) is 25.1 Å². The van der Waals surface area contributed by atoms with Crippen LogP contribution < -0.4 is 0 Å². The van der Waals surface area contributed by atoms with Gasteiger partial charge in [0.2, 0.25) is 0 Å². The molecule has 1 unspecified atom stereocenters. The molecular formula is C19H24O. The fraction of sp³-hybridized carbons (Fsp3) is 0.368. The van der Waals surface area contributed by atoms with Gasteiger partial charge in [-0.1, -0.05) is 42.0 Å². The van der Waals surface area contributed by atoms with E-state index in [0.717, 1.165) is 11.1 Å². The Morgan fingerprint density at radius 1 is 0.900 bits per heavy atom. The lowest BCUT2D eigenvalue weighted by Crippen LogP contribution is -2.26. The summed E-state index contributed by atoms with van der Waals surface area (Å²) < 4.78 is 0. The van der Waals surface area contributed by atoms with Crippen molar-refractivity contribution in [1.82, 2.24) is 0 Å². The largest absolute Gasteiger partial charge is 0.385 e. The zero-order chi connectivity index (χ0) is 14.9. The Morgan fingerprint density at radius 3 is 2.00 bits per heavy atom. The average molecular weight is 268 g/mol. The van der Waals surface area contributed by atoms with Crippen molar-refractivity contribution in [3.05, 3.63) is 69.8 Å². The molecule has 0 saturated heterocycles. The molecule has 0 bridgehead atoms. The minimum Gasteiger partial charge on any atom is -0.385 e. The van der Waals surface area contributed by atoms with Crippen LogP contribution in [0.25, 0.3) is 0 Å². The zero-order valence-electron chi connectivity index (χ0n) is 13.1.